The molecule has 2 rings (SSSR count). The lowest BCUT2D eigenvalue weighted by Crippen LogP contribution is -2.14. The molecule has 106 valence electrons. The summed E-state index contributed by atoms with van der Waals surface area (Å²) in [6.07, 6.45) is 1.57. The van der Waals surface area contributed by atoms with Crippen molar-refractivity contribution in [1.82, 2.24) is 14.8 Å². The van der Waals surface area contributed by atoms with Crippen LogP contribution in [0.2, 0.25) is 0 Å². The lowest BCUT2D eigenvalue weighted by Gasteiger charge is -2.10. The number of ketones is 1. The molecule has 1 heterocycles. The number of hydrogen-bond acceptors (Lipinski definition) is 4. The normalized spacial score (nSPS) is 12.4. The van der Waals surface area contributed by atoms with Gasteiger partial charge in [0.25, 0.3) is 0 Å². The Bertz CT molecular complexity index is 630. The number of aryl methyl sites for hydroxylation is 1. The summed E-state index contributed by atoms with van der Waals surface area (Å²) in [5.41, 5.74) is 0.176. The van der Waals surface area contributed by atoms with Gasteiger partial charge in [-0.05, 0) is 18.2 Å². The number of thioether (sulfide) groups is 1. The minimum atomic E-state index is -1.01. The zero-order chi connectivity index (χ0) is 14.7. The van der Waals surface area contributed by atoms with E-state index in [9.17, 15) is 13.6 Å². The Morgan fingerprint density at radius 2 is 2.15 bits per heavy atom. The number of rotatable bonds is 5. The van der Waals surface area contributed by atoms with Gasteiger partial charge in [-0.3, -0.25) is 4.79 Å². The van der Waals surface area contributed by atoms with Gasteiger partial charge >= 0.3 is 0 Å². The molecule has 0 saturated carbocycles. The van der Waals surface area contributed by atoms with Gasteiger partial charge in [-0.15, -0.1) is 10.2 Å². The predicted molar refractivity (Wildman–Crippen MR) is 71.6 cm³/mol. The summed E-state index contributed by atoms with van der Waals surface area (Å²) in [6, 6.07) is 3.19. The first-order valence-electron chi connectivity index (χ1n) is 5.95. The van der Waals surface area contributed by atoms with Crippen LogP contribution in [0, 0.1) is 17.6 Å². The second-order valence-electron chi connectivity index (χ2n) is 4.43. The molecule has 0 aliphatic carbocycles. The van der Waals surface area contributed by atoms with Crippen LogP contribution < -0.4 is 0 Å². The van der Waals surface area contributed by atoms with Gasteiger partial charge in [0.05, 0.1) is 0 Å². The smallest absolute Gasteiger partial charge is 0.190 e. The van der Waals surface area contributed by atoms with Crippen molar-refractivity contribution in [3.63, 3.8) is 0 Å². The molecule has 0 fully saturated rings. The van der Waals surface area contributed by atoms with E-state index < -0.39 is 11.6 Å². The Hall–Kier alpha value is -1.76. The summed E-state index contributed by atoms with van der Waals surface area (Å²) >= 11 is 1.39. The van der Waals surface area contributed by atoms with E-state index >= 15 is 0 Å². The van der Waals surface area contributed by atoms with Crippen LogP contribution in [0.15, 0.2) is 29.7 Å². The first-order valence-corrected chi connectivity index (χ1v) is 6.93. The number of Topliss-reactive ketones (excluding diaryl/α,β-unsaturated/α-hetero) is 1. The summed E-state index contributed by atoms with van der Waals surface area (Å²) in [5, 5.41) is 8.34. The maximum atomic E-state index is 13.1. The summed E-state index contributed by atoms with van der Waals surface area (Å²) < 4.78 is 27.7. The van der Waals surface area contributed by atoms with E-state index in [2.05, 4.69) is 10.2 Å². The van der Waals surface area contributed by atoms with E-state index in [0.717, 1.165) is 12.1 Å². The molecule has 4 nitrogen and oxygen atoms in total. The van der Waals surface area contributed by atoms with Crippen molar-refractivity contribution in [3.8, 4) is 0 Å². The number of carbonyl (C=O) groups excluding carboxylic acids is 1. The van der Waals surface area contributed by atoms with Crippen LogP contribution >= 0.6 is 11.8 Å². The lowest BCUT2D eigenvalue weighted by atomic mass is 10.0. The van der Waals surface area contributed by atoms with Gasteiger partial charge in [0.2, 0.25) is 0 Å². The van der Waals surface area contributed by atoms with Crippen LogP contribution in [0.4, 0.5) is 8.78 Å². The third-order valence-corrected chi connectivity index (χ3v) is 4.08. The quantitative estimate of drug-likeness (QED) is 0.629. The van der Waals surface area contributed by atoms with Gasteiger partial charge in [0, 0.05) is 24.3 Å². The van der Waals surface area contributed by atoms with Crippen LogP contribution in [0.5, 0.6) is 0 Å². The average Bonchev–Trinajstić information content (AvgIpc) is 2.84. The van der Waals surface area contributed by atoms with Gasteiger partial charge in [-0.1, -0.05) is 18.7 Å². The van der Waals surface area contributed by atoms with E-state index in [1.807, 2.05) is 7.05 Å². The molecule has 0 spiro atoms. The molecule has 0 N–H and O–H groups in total. The number of nitrogens with zero attached hydrogens (tertiary/aromatic N) is 3. The standard InChI is InChI=1S/C13H13F2N3OS/c1-8(6-20-13-17-16-7-18(13)2)12(19)9-3-4-10(14)11(15)5-9/h3-5,7-8H,6H2,1-2H3. The van der Waals surface area contributed by atoms with E-state index in [4.69, 9.17) is 0 Å². The molecule has 0 aliphatic heterocycles. The van der Waals surface area contributed by atoms with Crippen molar-refractivity contribution < 1.29 is 13.6 Å². The topological polar surface area (TPSA) is 47.8 Å². The fourth-order valence-electron chi connectivity index (χ4n) is 1.61. The van der Waals surface area contributed by atoms with E-state index in [1.165, 1.54) is 17.8 Å². The summed E-state index contributed by atoms with van der Waals surface area (Å²) in [7, 11) is 1.81. The molecule has 2 aromatic rings. The molecule has 0 bridgehead atoms. The zero-order valence-electron chi connectivity index (χ0n) is 11.0. The van der Waals surface area contributed by atoms with E-state index in [1.54, 1.807) is 17.8 Å². The summed E-state index contributed by atoms with van der Waals surface area (Å²) in [6.45, 7) is 1.74. The summed E-state index contributed by atoms with van der Waals surface area (Å²) in [5.74, 6) is -2.03. The summed E-state index contributed by atoms with van der Waals surface area (Å²) in [4.78, 5) is 12.1. The van der Waals surface area contributed by atoms with Crippen LogP contribution in [-0.4, -0.2) is 26.3 Å². The molecular formula is C13H13F2N3OS. The van der Waals surface area contributed by atoms with Crippen molar-refractivity contribution in [3.05, 3.63) is 41.7 Å². The first-order chi connectivity index (χ1) is 9.49. The highest BCUT2D eigenvalue weighted by molar-refractivity contribution is 7.99. The number of carbonyl (C=O) groups is 1. The number of hydrogen-bond donors (Lipinski definition) is 0. The largest absolute Gasteiger partial charge is 0.312 e. The van der Waals surface area contributed by atoms with Gasteiger partial charge in [-0.2, -0.15) is 0 Å². The van der Waals surface area contributed by atoms with E-state index in [-0.39, 0.29) is 17.3 Å². The fraction of sp³-hybridized carbons (Fsp3) is 0.308. The Kier molecular flexibility index (Phi) is 4.49. The highest BCUT2D eigenvalue weighted by Crippen LogP contribution is 2.20. The van der Waals surface area contributed by atoms with Crippen molar-refractivity contribution >= 4 is 17.5 Å². The van der Waals surface area contributed by atoms with Crippen LogP contribution in [0.25, 0.3) is 0 Å². The Labute approximate surface area is 119 Å². The third kappa shape index (κ3) is 3.22. The fourth-order valence-corrected chi connectivity index (χ4v) is 2.52. The Balaban J connectivity index is 2.01. The molecule has 0 amide bonds. The van der Waals surface area contributed by atoms with Gasteiger partial charge in [0.1, 0.15) is 6.33 Å². The highest BCUT2D eigenvalue weighted by atomic mass is 32.2. The highest BCUT2D eigenvalue weighted by Gasteiger charge is 2.18. The van der Waals surface area contributed by atoms with Crippen molar-refractivity contribution in [2.24, 2.45) is 13.0 Å². The SMILES string of the molecule is CC(CSc1nncn1C)C(=O)c1ccc(F)c(F)c1. The van der Waals surface area contributed by atoms with Crippen LogP contribution in [-0.2, 0) is 7.05 Å². The molecule has 1 aromatic heterocycles. The molecule has 1 atom stereocenters. The second kappa shape index (κ2) is 6.13. The second-order valence-corrected chi connectivity index (χ2v) is 5.42. The minimum Gasteiger partial charge on any atom is -0.312 e. The van der Waals surface area contributed by atoms with E-state index in [0.29, 0.717) is 10.9 Å². The number of aromatic nitrogens is 3. The molecule has 1 unspecified atom stereocenters. The Morgan fingerprint density at radius 1 is 1.40 bits per heavy atom. The zero-order valence-corrected chi connectivity index (χ0v) is 11.8. The molecule has 0 aliphatic rings. The van der Waals surface area contributed by atoms with Crippen molar-refractivity contribution in [1.29, 1.82) is 0 Å². The molecular weight excluding hydrogens is 284 g/mol. The van der Waals surface area contributed by atoms with Gasteiger partial charge in [0.15, 0.2) is 22.6 Å². The third-order valence-electron chi connectivity index (χ3n) is 2.78. The maximum Gasteiger partial charge on any atom is 0.190 e. The number of halogens is 2. The van der Waals surface area contributed by atoms with Gasteiger partial charge < -0.3 is 4.57 Å². The monoisotopic (exact) mass is 297 g/mol. The lowest BCUT2D eigenvalue weighted by molar-refractivity contribution is 0.0941. The van der Waals surface area contributed by atoms with Crippen LogP contribution in [0.1, 0.15) is 17.3 Å². The maximum absolute atomic E-state index is 13.1. The van der Waals surface area contributed by atoms with Crippen molar-refractivity contribution in [2.45, 2.75) is 12.1 Å². The molecule has 0 radical (unpaired) electrons. The number of benzene rings is 1. The molecule has 1 aromatic carbocycles. The molecule has 20 heavy (non-hydrogen) atoms. The molecule has 0 saturated heterocycles. The first kappa shape index (κ1) is 14.6. The average molecular weight is 297 g/mol. The Morgan fingerprint density at radius 3 is 2.75 bits per heavy atom. The van der Waals surface area contributed by atoms with Crippen molar-refractivity contribution in [2.75, 3.05) is 5.75 Å². The predicted octanol–water partition coefficient (Wildman–Crippen LogP) is 2.70. The minimum absolute atomic E-state index is 0.176. The van der Waals surface area contributed by atoms with Crippen LogP contribution in [0.3, 0.4) is 0 Å². The van der Waals surface area contributed by atoms with Gasteiger partial charge in [-0.25, -0.2) is 8.78 Å². The molecule has 7 heteroatoms.